The molecular weight excluding hydrogens is 387 g/mol. The second-order valence-electron chi connectivity index (χ2n) is 5.59. The highest BCUT2D eigenvalue weighted by Crippen LogP contribution is 2.42. The maximum Gasteiger partial charge on any atom is 0.201 e. The van der Waals surface area contributed by atoms with Gasteiger partial charge in [-0.05, 0) is 25.1 Å². The van der Waals surface area contributed by atoms with Crippen LogP contribution in [-0.2, 0) is 0 Å². The number of aryl methyl sites for hydroxylation is 1. The Labute approximate surface area is 162 Å². The Morgan fingerprint density at radius 1 is 1.22 bits per heavy atom. The molecular formula is C18H10ClFN6S. The van der Waals surface area contributed by atoms with Gasteiger partial charge in [0.05, 0.1) is 16.8 Å². The van der Waals surface area contributed by atoms with Crippen LogP contribution in [0.25, 0.3) is 25.6 Å². The number of nitrogens with one attached hydrogen (secondary N) is 1. The maximum absolute atomic E-state index is 13.6. The standard InChI is InChI=1S/C18H10ClFN6S/c1-9-5-14(24-8-23-9)26-17-16-12(3-4-22-17)25-18(27-16)15-11(19)6-10(20)7-13(15)21-2/h3-8H,1H3,(H,22,23,24,26). The van der Waals surface area contributed by atoms with E-state index in [9.17, 15) is 4.39 Å². The summed E-state index contributed by atoms with van der Waals surface area (Å²) in [6, 6.07) is 5.90. The van der Waals surface area contributed by atoms with Gasteiger partial charge in [-0.3, -0.25) is 0 Å². The minimum atomic E-state index is -0.556. The zero-order chi connectivity index (χ0) is 19.0. The van der Waals surface area contributed by atoms with Gasteiger partial charge in [0.1, 0.15) is 23.0 Å². The van der Waals surface area contributed by atoms with Gasteiger partial charge in [0.15, 0.2) is 5.82 Å². The van der Waals surface area contributed by atoms with E-state index in [2.05, 4.69) is 30.1 Å². The number of benzene rings is 1. The molecule has 0 unspecified atom stereocenters. The van der Waals surface area contributed by atoms with E-state index in [4.69, 9.17) is 18.2 Å². The molecule has 0 aliphatic carbocycles. The number of rotatable bonds is 3. The van der Waals surface area contributed by atoms with Gasteiger partial charge in [0, 0.05) is 28.5 Å². The molecule has 0 fully saturated rings. The van der Waals surface area contributed by atoms with Crippen molar-refractivity contribution in [3.8, 4) is 10.6 Å². The van der Waals surface area contributed by atoms with Crippen LogP contribution >= 0.6 is 22.9 Å². The lowest BCUT2D eigenvalue weighted by atomic mass is 10.2. The number of anilines is 2. The minimum Gasteiger partial charge on any atom is -0.324 e. The van der Waals surface area contributed by atoms with Crippen molar-refractivity contribution in [3.05, 3.63) is 64.7 Å². The summed E-state index contributed by atoms with van der Waals surface area (Å²) < 4.78 is 14.4. The summed E-state index contributed by atoms with van der Waals surface area (Å²) in [4.78, 5) is 20.5. The molecule has 0 amide bonds. The minimum absolute atomic E-state index is 0.118. The molecule has 0 atom stereocenters. The Balaban J connectivity index is 1.84. The number of hydrogen-bond donors (Lipinski definition) is 1. The van der Waals surface area contributed by atoms with Gasteiger partial charge in [0.25, 0.3) is 0 Å². The van der Waals surface area contributed by atoms with Crippen LogP contribution in [0, 0.1) is 19.3 Å². The molecule has 4 rings (SSSR count). The molecule has 1 N–H and O–H groups in total. The Bertz CT molecular complexity index is 1220. The highest BCUT2D eigenvalue weighted by Gasteiger charge is 2.18. The molecule has 0 saturated carbocycles. The predicted molar refractivity (Wildman–Crippen MR) is 104 cm³/mol. The van der Waals surface area contributed by atoms with Crippen LogP contribution in [0.4, 0.5) is 21.7 Å². The number of thiazole rings is 1. The molecule has 27 heavy (non-hydrogen) atoms. The Morgan fingerprint density at radius 3 is 2.85 bits per heavy atom. The molecule has 0 radical (unpaired) electrons. The second-order valence-corrected chi connectivity index (χ2v) is 7.00. The van der Waals surface area contributed by atoms with E-state index in [-0.39, 0.29) is 10.7 Å². The Hall–Kier alpha value is -3.15. The summed E-state index contributed by atoms with van der Waals surface area (Å²) in [5.41, 5.74) is 2.05. The van der Waals surface area contributed by atoms with E-state index in [1.54, 1.807) is 18.3 Å². The third-order valence-electron chi connectivity index (χ3n) is 3.72. The van der Waals surface area contributed by atoms with E-state index in [0.29, 0.717) is 27.7 Å². The average molecular weight is 397 g/mol. The highest BCUT2D eigenvalue weighted by atomic mass is 35.5. The van der Waals surface area contributed by atoms with Gasteiger partial charge in [-0.25, -0.2) is 29.2 Å². The van der Waals surface area contributed by atoms with Gasteiger partial charge < -0.3 is 5.32 Å². The highest BCUT2D eigenvalue weighted by molar-refractivity contribution is 7.22. The summed E-state index contributed by atoms with van der Waals surface area (Å²) >= 11 is 7.52. The fourth-order valence-corrected chi connectivity index (χ4v) is 3.97. The Morgan fingerprint density at radius 2 is 2.07 bits per heavy atom. The molecule has 1 aromatic carbocycles. The first kappa shape index (κ1) is 17.3. The molecule has 0 spiro atoms. The van der Waals surface area contributed by atoms with Crippen molar-refractivity contribution in [1.29, 1.82) is 0 Å². The van der Waals surface area contributed by atoms with Crippen molar-refractivity contribution in [3.63, 3.8) is 0 Å². The van der Waals surface area contributed by atoms with E-state index < -0.39 is 5.82 Å². The fourth-order valence-electron chi connectivity index (χ4n) is 2.56. The molecule has 0 aliphatic heterocycles. The zero-order valence-corrected chi connectivity index (χ0v) is 15.4. The molecule has 132 valence electrons. The van der Waals surface area contributed by atoms with E-state index >= 15 is 0 Å². The van der Waals surface area contributed by atoms with Crippen LogP contribution in [0.15, 0.2) is 36.8 Å². The van der Waals surface area contributed by atoms with Crippen LogP contribution in [0.5, 0.6) is 0 Å². The largest absolute Gasteiger partial charge is 0.324 e. The van der Waals surface area contributed by atoms with Gasteiger partial charge in [-0.15, -0.1) is 11.3 Å². The number of nitrogens with zero attached hydrogens (tertiary/aromatic N) is 5. The number of hydrogen-bond acceptors (Lipinski definition) is 6. The number of fused-ring (bicyclic) bond motifs is 1. The second kappa shape index (κ2) is 6.87. The number of pyridine rings is 1. The third-order valence-corrected chi connectivity index (χ3v) is 5.12. The molecule has 0 bridgehead atoms. The fraction of sp³-hybridized carbons (Fsp3) is 0.0556. The monoisotopic (exact) mass is 396 g/mol. The summed E-state index contributed by atoms with van der Waals surface area (Å²) in [7, 11) is 0. The number of aromatic nitrogens is 4. The summed E-state index contributed by atoms with van der Waals surface area (Å²) in [6.07, 6.45) is 3.10. The van der Waals surface area contributed by atoms with Gasteiger partial charge >= 0.3 is 0 Å². The average Bonchev–Trinajstić information content (AvgIpc) is 3.05. The molecule has 3 aromatic heterocycles. The summed E-state index contributed by atoms with van der Waals surface area (Å²) in [6.45, 7) is 9.18. The predicted octanol–water partition coefficient (Wildman–Crippen LogP) is 5.54. The SMILES string of the molecule is [C-]#[N+]c1cc(F)cc(Cl)c1-c1nc2ccnc(Nc3cc(C)ncn3)c2s1. The van der Waals surface area contributed by atoms with E-state index in [0.717, 1.165) is 16.5 Å². The van der Waals surface area contributed by atoms with E-state index in [1.165, 1.54) is 23.7 Å². The number of halogens is 2. The van der Waals surface area contributed by atoms with Crippen molar-refractivity contribution < 1.29 is 4.39 Å². The normalized spacial score (nSPS) is 10.7. The van der Waals surface area contributed by atoms with Crippen molar-refractivity contribution in [1.82, 2.24) is 19.9 Å². The van der Waals surface area contributed by atoms with Crippen LogP contribution < -0.4 is 5.32 Å². The maximum atomic E-state index is 13.6. The lowest BCUT2D eigenvalue weighted by Gasteiger charge is -2.05. The first-order valence-electron chi connectivity index (χ1n) is 7.73. The van der Waals surface area contributed by atoms with Crippen molar-refractivity contribution in [2.24, 2.45) is 0 Å². The third kappa shape index (κ3) is 3.30. The van der Waals surface area contributed by atoms with Crippen molar-refractivity contribution in [2.45, 2.75) is 6.92 Å². The molecule has 3 heterocycles. The van der Waals surface area contributed by atoms with E-state index in [1.807, 2.05) is 6.92 Å². The lowest BCUT2D eigenvalue weighted by Crippen LogP contribution is -1.97. The molecule has 0 saturated heterocycles. The molecule has 9 heteroatoms. The quantitative estimate of drug-likeness (QED) is 0.460. The molecule has 0 aliphatic rings. The molecule has 6 nitrogen and oxygen atoms in total. The lowest BCUT2D eigenvalue weighted by molar-refractivity contribution is 0.629. The van der Waals surface area contributed by atoms with Gasteiger partial charge in [-0.1, -0.05) is 11.6 Å². The molecule has 4 aromatic rings. The van der Waals surface area contributed by atoms with Crippen LogP contribution in [-0.4, -0.2) is 19.9 Å². The summed E-state index contributed by atoms with van der Waals surface area (Å²) in [5.74, 6) is 0.634. The zero-order valence-electron chi connectivity index (χ0n) is 13.9. The first-order chi connectivity index (χ1) is 13.0. The van der Waals surface area contributed by atoms with Crippen molar-refractivity contribution in [2.75, 3.05) is 5.32 Å². The Kier molecular flexibility index (Phi) is 4.39. The van der Waals surface area contributed by atoms with Crippen LogP contribution in [0.3, 0.4) is 0 Å². The van der Waals surface area contributed by atoms with Crippen molar-refractivity contribution >= 4 is 50.5 Å². The summed E-state index contributed by atoms with van der Waals surface area (Å²) in [5, 5.41) is 3.83. The smallest absolute Gasteiger partial charge is 0.201 e. The van der Waals surface area contributed by atoms with Gasteiger partial charge in [0.2, 0.25) is 5.69 Å². The topological polar surface area (TPSA) is 68.0 Å². The van der Waals surface area contributed by atoms with Crippen LogP contribution in [0.2, 0.25) is 5.02 Å². The van der Waals surface area contributed by atoms with Crippen LogP contribution in [0.1, 0.15) is 5.69 Å². The van der Waals surface area contributed by atoms with Gasteiger partial charge in [-0.2, -0.15) is 0 Å². The first-order valence-corrected chi connectivity index (χ1v) is 8.92.